The third kappa shape index (κ3) is 2.73. The fraction of sp³-hybridized carbons (Fsp3) is 0.263. The SMILES string of the molecule is COC(=O)[C@@]1(c2ccccc2)CCN1C(=O)OCc1ccccc1. The van der Waals surface area contributed by atoms with Gasteiger partial charge in [-0.2, -0.15) is 0 Å². The van der Waals surface area contributed by atoms with E-state index in [1.54, 1.807) is 0 Å². The van der Waals surface area contributed by atoms with E-state index in [9.17, 15) is 9.59 Å². The van der Waals surface area contributed by atoms with E-state index < -0.39 is 17.6 Å². The van der Waals surface area contributed by atoms with Gasteiger partial charge in [-0.25, -0.2) is 9.59 Å². The summed E-state index contributed by atoms with van der Waals surface area (Å²) in [5.41, 5.74) is 0.540. The van der Waals surface area contributed by atoms with Gasteiger partial charge in [-0.05, 0) is 11.1 Å². The van der Waals surface area contributed by atoms with Crippen LogP contribution in [0.3, 0.4) is 0 Å². The molecule has 0 saturated carbocycles. The molecule has 2 aromatic carbocycles. The Kier molecular flexibility index (Phi) is 4.51. The van der Waals surface area contributed by atoms with Crippen molar-refractivity contribution in [2.24, 2.45) is 0 Å². The van der Waals surface area contributed by atoms with Crippen molar-refractivity contribution in [3.05, 3.63) is 71.8 Å². The Labute approximate surface area is 140 Å². The van der Waals surface area contributed by atoms with Gasteiger partial charge in [-0.3, -0.25) is 4.90 Å². The number of likely N-dealkylation sites (tertiary alicyclic amines) is 1. The largest absolute Gasteiger partial charge is 0.467 e. The van der Waals surface area contributed by atoms with Crippen molar-refractivity contribution in [2.75, 3.05) is 13.7 Å². The number of hydrogen-bond donors (Lipinski definition) is 0. The molecule has 1 atom stereocenters. The number of carbonyl (C=O) groups is 2. The smallest absolute Gasteiger partial charge is 0.411 e. The molecule has 1 fully saturated rings. The second-order valence-electron chi connectivity index (χ2n) is 5.66. The molecule has 1 aliphatic heterocycles. The van der Waals surface area contributed by atoms with Crippen molar-refractivity contribution in [1.82, 2.24) is 4.90 Å². The third-order valence-electron chi connectivity index (χ3n) is 4.36. The van der Waals surface area contributed by atoms with Crippen molar-refractivity contribution in [2.45, 2.75) is 18.6 Å². The fourth-order valence-corrected chi connectivity index (χ4v) is 3.00. The maximum atomic E-state index is 12.5. The second kappa shape index (κ2) is 6.74. The molecule has 0 aromatic heterocycles. The normalized spacial score (nSPS) is 19.3. The van der Waals surface area contributed by atoms with E-state index in [0.29, 0.717) is 13.0 Å². The number of benzene rings is 2. The Hall–Kier alpha value is -2.82. The highest BCUT2D eigenvalue weighted by Crippen LogP contribution is 2.42. The highest BCUT2D eigenvalue weighted by Gasteiger charge is 2.56. The lowest BCUT2D eigenvalue weighted by molar-refractivity contribution is -0.164. The Bertz CT molecular complexity index is 717. The molecule has 0 N–H and O–H groups in total. The van der Waals surface area contributed by atoms with Crippen molar-refractivity contribution in [3.8, 4) is 0 Å². The first-order valence-corrected chi connectivity index (χ1v) is 7.81. The van der Waals surface area contributed by atoms with Crippen molar-refractivity contribution < 1.29 is 19.1 Å². The molecule has 0 bridgehead atoms. The first kappa shape index (κ1) is 16.1. The Morgan fingerprint density at radius 3 is 2.21 bits per heavy atom. The van der Waals surface area contributed by atoms with Gasteiger partial charge in [-0.15, -0.1) is 0 Å². The number of ether oxygens (including phenoxy) is 2. The van der Waals surface area contributed by atoms with Crippen LogP contribution >= 0.6 is 0 Å². The number of esters is 1. The minimum absolute atomic E-state index is 0.169. The number of rotatable bonds is 4. The van der Waals surface area contributed by atoms with Crippen LogP contribution in [-0.2, 0) is 26.4 Å². The Balaban J connectivity index is 1.79. The highest BCUT2D eigenvalue weighted by atomic mass is 16.6. The lowest BCUT2D eigenvalue weighted by Crippen LogP contribution is -2.64. The second-order valence-corrected chi connectivity index (χ2v) is 5.66. The number of hydrogen-bond acceptors (Lipinski definition) is 4. The summed E-state index contributed by atoms with van der Waals surface area (Å²) < 4.78 is 10.3. The predicted octanol–water partition coefficient (Wildman–Crippen LogP) is 3.10. The standard InChI is InChI=1S/C19H19NO4/c1-23-17(21)19(16-10-6-3-7-11-16)12-13-20(19)18(22)24-14-15-8-4-2-5-9-15/h2-11H,12-14H2,1H3/t19-/m0/s1. The molecule has 2 aromatic rings. The summed E-state index contributed by atoms with van der Waals surface area (Å²) in [6, 6.07) is 18.6. The molecule has 24 heavy (non-hydrogen) atoms. The molecule has 1 saturated heterocycles. The van der Waals surface area contributed by atoms with E-state index in [1.807, 2.05) is 60.7 Å². The molecule has 124 valence electrons. The molecular weight excluding hydrogens is 306 g/mol. The number of nitrogens with zero attached hydrogens (tertiary/aromatic N) is 1. The van der Waals surface area contributed by atoms with Gasteiger partial charge in [0.2, 0.25) is 0 Å². The summed E-state index contributed by atoms with van der Waals surface area (Å²) in [5, 5.41) is 0. The van der Waals surface area contributed by atoms with Gasteiger partial charge in [0, 0.05) is 13.0 Å². The van der Waals surface area contributed by atoms with Crippen LogP contribution in [0.2, 0.25) is 0 Å². The maximum absolute atomic E-state index is 12.5. The van der Waals surface area contributed by atoms with Gasteiger partial charge in [0.05, 0.1) is 7.11 Å². The van der Waals surface area contributed by atoms with Crippen LogP contribution in [0.4, 0.5) is 4.79 Å². The molecule has 1 heterocycles. The summed E-state index contributed by atoms with van der Waals surface area (Å²) in [7, 11) is 1.33. The zero-order valence-electron chi connectivity index (χ0n) is 13.5. The quantitative estimate of drug-likeness (QED) is 0.811. The van der Waals surface area contributed by atoms with E-state index in [4.69, 9.17) is 9.47 Å². The number of amides is 1. The maximum Gasteiger partial charge on any atom is 0.411 e. The van der Waals surface area contributed by atoms with Crippen LogP contribution in [0.15, 0.2) is 60.7 Å². The average molecular weight is 325 g/mol. The molecule has 0 spiro atoms. The molecule has 5 heteroatoms. The van der Waals surface area contributed by atoms with E-state index in [0.717, 1.165) is 11.1 Å². The van der Waals surface area contributed by atoms with Crippen LogP contribution in [0.5, 0.6) is 0 Å². The summed E-state index contributed by atoms with van der Waals surface area (Å²) in [6.45, 7) is 0.625. The van der Waals surface area contributed by atoms with Gasteiger partial charge in [0.25, 0.3) is 0 Å². The Morgan fingerprint density at radius 1 is 1.04 bits per heavy atom. The van der Waals surface area contributed by atoms with E-state index in [-0.39, 0.29) is 6.61 Å². The monoisotopic (exact) mass is 325 g/mol. The molecule has 5 nitrogen and oxygen atoms in total. The van der Waals surface area contributed by atoms with E-state index in [1.165, 1.54) is 12.0 Å². The zero-order valence-corrected chi connectivity index (χ0v) is 13.5. The minimum atomic E-state index is -1.09. The lowest BCUT2D eigenvalue weighted by atomic mass is 9.78. The van der Waals surface area contributed by atoms with Crippen LogP contribution in [-0.4, -0.2) is 30.6 Å². The van der Waals surface area contributed by atoms with Gasteiger partial charge >= 0.3 is 12.1 Å². The highest BCUT2D eigenvalue weighted by molar-refractivity contribution is 5.89. The summed E-state index contributed by atoms with van der Waals surface area (Å²) in [6.07, 6.45) is 0.00349. The number of carbonyl (C=O) groups excluding carboxylic acids is 2. The van der Waals surface area contributed by atoms with Crippen LogP contribution in [0.1, 0.15) is 17.5 Å². The van der Waals surface area contributed by atoms with Gasteiger partial charge in [0.15, 0.2) is 5.54 Å². The van der Waals surface area contributed by atoms with Crippen molar-refractivity contribution >= 4 is 12.1 Å². The lowest BCUT2D eigenvalue weighted by Gasteiger charge is -2.49. The fourth-order valence-electron chi connectivity index (χ4n) is 3.00. The zero-order chi connectivity index (χ0) is 17.0. The van der Waals surface area contributed by atoms with Crippen LogP contribution in [0, 0.1) is 0 Å². The van der Waals surface area contributed by atoms with E-state index >= 15 is 0 Å². The summed E-state index contributed by atoms with van der Waals surface area (Å²) in [4.78, 5) is 26.4. The molecule has 1 aliphatic rings. The molecule has 0 aliphatic carbocycles. The molecule has 0 radical (unpaired) electrons. The molecule has 1 amide bonds. The van der Waals surface area contributed by atoms with Crippen molar-refractivity contribution in [1.29, 1.82) is 0 Å². The molecule has 0 unspecified atom stereocenters. The van der Waals surface area contributed by atoms with Gasteiger partial charge < -0.3 is 9.47 Å². The topological polar surface area (TPSA) is 55.8 Å². The first-order valence-electron chi connectivity index (χ1n) is 7.81. The van der Waals surface area contributed by atoms with E-state index in [2.05, 4.69) is 0 Å². The summed E-state index contributed by atoms with van der Waals surface area (Å²) in [5.74, 6) is -0.448. The van der Waals surface area contributed by atoms with Gasteiger partial charge in [-0.1, -0.05) is 60.7 Å². The molecule has 3 rings (SSSR count). The first-order chi connectivity index (χ1) is 11.7. The molecular formula is C19H19NO4. The number of methoxy groups -OCH3 is 1. The summed E-state index contributed by atoms with van der Waals surface area (Å²) >= 11 is 0. The average Bonchev–Trinajstić information content (AvgIpc) is 2.61. The van der Waals surface area contributed by atoms with Gasteiger partial charge in [0.1, 0.15) is 6.61 Å². The minimum Gasteiger partial charge on any atom is -0.467 e. The van der Waals surface area contributed by atoms with Crippen LogP contribution < -0.4 is 0 Å². The predicted molar refractivity (Wildman–Crippen MR) is 88.1 cm³/mol. The Morgan fingerprint density at radius 2 is 1.67 bits per heavy atom. The third-order valence-corrected chi connectivity index (χ3v) is 4.36. The van der Waals surface area contributed by atoms with Crippen molar-refractivity contribution in [3.63, 3.8) is 0 Å². The van der Waals surface area contributed by atoms with Crippen LogP contribution in [0.25, 0.3) is 0 Å².